The van der Waals surface area contributed by atoms with Crippen molar-refractivity contribution in [3.05, 3.63) is 98.8 Å². The first-order chi connectivity index (χ1) is 17.1. The van der Waals surface area contributed by atoms with Crippen LogP contribution >= 0.6 is 23.2 Å². The summed E-state index contributed by atoms with van der Waals surface area (Å²) in [6, 6.07) is 17.6. The molecule has 0 fully saturated rings. The maximum Gasteiger partial charge on any atom is 0.323 e. The summed E-state index contributed by atoms with van der Waals surface area (Å²) >= 11 is 11.8. The minimum atomic E-state index is -1.06. The number of ether oxygens (including phenoxy) is 1. The Balaban J connectivity index is 1.42. The van der Waals surface area contributed by atoms with Gasteiger partial charge < -0.3 is 14.7 Å². The number of fused-ring (bicyclic) bond motifs is 1. The lowest BCUT2D eigenvalue weighted by atomic mass is 9.91. The van der Waals surface area contributed by atoms with Crippen LogP contribution in [-0.4, -0.2) is 40.6 Å². The number of amides is 1. The van der Waals surface area contributed by atoms with Gasteiger partial charge in [-0.3, -0.25) is 9.59 Å². The molecule has 0 aliphatic carbocycles. The molecule has 0 unspecified atom stereocenters. The summed E-state index contributed by atoms with van der Waals surface area (Å²) in [5, 5.41) is 9.99. The molecule has 1 heterocycles. The standard InChI is InChI=1S/C28H26Cl2FNO4/c1-28(15-20-5-7-23(30)24(31)13-20)16-21-11-19(6-8-25(21)36-28)14-26(33)32(17-27(34)35)10-9-18-3-2-4-22(29)12-18/h2-8,11-13H,9-10,14-17H2,1H3,(H,34,35)/t28-/m0/s1. The van der Waals surface area contributed by atoms with Crippen molar-refractivity contribution in [2.45, 2.75) is 38.2 Å². The Labute approximate surface area is 219 Å². The quantitative estimate of drug-likeness (QED) is 0.382. The predicted octanol–water partition coefficient (Wildman–Crippen LogP) is 5.77. The van der Waals surface area contributed by atoms with Crippen LogP contribution in [0.5, 0.6) is 5.75 Å². The lowest BCUT2D eigenvalue weighted by Crippen LogP contribution is -2.38. The van der Waals surface area contributed by atoms with Crippen LogP contribution in [0.1, 0.15) is 29.2 Å². The molecule has 4 rings (SSSR count). The molecule has 0 radical (unpaired) electrons. The molecule has 188 valence electrons. The van der Waals surface area contributed by atoms with E-state index in [1.54, 1.807) is 18.2 Å². The lowest BCUT2D eigenvalue weighted by molar-refractivity contribution is -0.144. The van der Waals surface area contributed by atoms with Crippen LogP contribution in [0.2, 0.25) is 10.0 Å². The Bertz CT molecular complexity index is 1300. The number of benzene rings is 3. The van der Waals surface area contributed by atoms with E-state index < -0.39 is 17.4 Å². The molecule has 0 saturated carbocycles. The van der Waals surface area contributed by atoms with Crippen molar-refractivity contribution in [2.24, 2.45) is 0 Å². The van der Waals surface area contributed by atoms with E-state index in [0.717, 1.165) is 28.0 Å². The highest BCUT2D eigenvalue weighted by Gasteiger charge is 2.35. The van der Waals surface area contributed by atoms with E-state index in [1.807, 2.05) is 37.3 Å². The van der Waals surface area contributed by atoms with Gasteiger partial charge >= 0.3 is 5.97 Å². The summed E-state index contributed by atoms with van der Waals surface area (Å²) in [6.07, 6.45) is 1.68. The number of carboxylic acid groups (broad SMARTS) is 1. The van der Waals surface area contributed by atoms with E-state index in [4.69, 9.17) is 27.9 Å². The van der Waals surface area contributed by atoms with E-state index >= 15 is 0 Å². The van der Waals surface area contributed by atoms with Gasteiger partial charge in [0.05, 0.1) is 11.4 Å². The summed E-state index contributed by atoms with van der Waals surface area (Å²) in [6.45, 7) is 1.87. The third-order valence-corrected chi connectivity index (χ3v) is 6.74. The molecule has 1 aliphatic heterocycles. The molecule has 0 saturated heterocycles. The second kappa shape index (κ2) is 10.9. The van der Waals surface area contributed by atoms with Crippen molar-refractivity contribution in [2.75, 3.05) is 13.1 Å². The monoisotopic (exact) mass is 529 g/mol. The SMILES string of the molecule is C[C@]1(Cc2ccc(Cl)c(F)c2)Cc2cc(CC(=O)N(CCc3cccc(Cl)c3)CC(=O)O)ccc2O1. The fourth-order valence-corrected chi connectivity index (χ4v) is 4.89. The largest absolute Gasteiger partial charge is 0.487 e. The zero-order chi connectivity index (χ0) is 25.9. The number of carbonyl (C=O) groups excluding carboxylic acids is 1. The Morgan fingerprint density at radius 3 is 2.56 bits per heavy atom. The normalized spacial score (nSPS) is 16.3. The van der Waals surface area contributed by atoms with Gasteiger partial charge in [-0.2, -0.15) is 0 Å². The zero-order valence-corrected chi connectivity index (χ0v) is 21.3. The number of halogens is 3. The minimum Gasteiger partial charge on any atom is -0.487 e. The molecule has 0 bridgehead atoms. The van der Waals surface area contributed by atoms with Crippen molar-refractivity contribution >= 4 is 35.1 Å². The molecule has 1 aliphatic rings. The predicted molar refractivity (Wildman–Crippen MR) is 137 cm³/mol. The second-order valence-corrected chi connectivity index (χ2v) is 10.2. The van der Waals surface area contributed by atoms with Gasteiger partial charge in [0.2, 0.25) is 5.91 Å². The number of carboxylic acids is 1. The number of nitrogens with zero attached hydrogens (tertiary/aromatic N) is 1. The van der Waals surface area contributed by atoms with Gasteiger partial charge in [0.1, 0.15) is 23.7 Å². The first-order valence-corrected chi connectivity index (χ1v) is 12.3. The topological polar surface area (TPSA) is 66.8 Å². The van der Waals surface area contributed by atoms with E-state index in [-0.39, 0.29) is 30.4 Å². The third kappa shape index (κ3) is 6.56. The average Bonchev–Trinajstić information content (AvgIpc) is 3.13. The van der Waals surface area contributed by atoms with Gasteiger partial charge in [-0.25, -0.2) is 4.39 Å². The average molecular weight is 530 g/mol. The van der Waals surface area contributed by atoms with Gasteiger partial charge in [-0.1, -0.05) is 53.5 Å². The number of rotatable bonds is 9. The first-order valence-electron chi connectivity index (χ1n) is 11.6. The molecular weight excluding hydrogens is 504 g/mol. The summed E-state index contributed by atoms with van der Waals surface area (Å²) in [7, 11) is 0. The first kappa shape index (κ1) is 26.0. The maximum absolute atomic E-state index is 13.9. The van der Waals surface area contributed by atoms with Gasteiger partial charge in [0.15, 0.2) is 0 Å². The van der Waals surface area contributed by atoms with E-state index in [0.29, 0.717) is 24.3 Å². The molecule has 36 heavy (non-hydrogen) atoms. The number of carbonyl (C=O) groups is 2. The Hall–Kier alpha value is -3.09. The van der Waals surface area contributed by atoms with Crippen molar-refractivity contribution in [3.8, 4) is 5.75 Å². The molecule has 1 atom stereocenters. The zero-order valence-electron chi connectivity index (χ0n) is 19.8. The van der Waals surface area contributed by atoms with Gasteiger partial charge in [0.25, 0.3) is 0 Å². The highest BCUT2D eigenvalue weighted by molar-refractivity contribution is 6.31. The van der Waals surface area contributed by atoms with Gasteiger partial charge in [0, 0.05) is 24.4 Å². The van der Waals surface area contributed by atoms with Crippen LogP contribution < -0.4 is 4.74 Å². The van der Waals surface area contributed by atoms with Crippen molar-refractivity contribution in [3.63, 3.8) is 0 Å². The summed E-state index contributed by atoms with van der Waals surface area (Å²) in [5.41, 5.74) is 2.90. The van der Waals surface area contributed by atoms with Gasteiger partial charge in [-0.05, 0) is 65.9 Å². The maximum atomic E-state index is 13.9. The molecule has 1 amide bonds. The molecular formula is C28H26Cl2FNO4. The minimum absolute atomic E-state index is 0.0786. The fraction of sp³-hybridized carbons (Fsp3) is 0.286. The number of aliphatic carboxylic acids is 1. The van der Waals surface area contributed by atoms with Crippen LogP contribution in [0.15, 0.2) is 60.7 Å². The summed E-state index contributed by atoms with van der Waals surface area (Å²) in [4.78, 5) is 25.8. The summed E-state index contributed by atoms with van der Waals surface area (Å²) in [5.74, 6) is -1.06. The van der Waals surface area contributed by atoms with Crippen LogP contribution in [-0.2, 0) is 35.3 Å². The van der Waals surface area contributed by atoms with Crippen molar-refractivity contribution < 1.29 is 23.8 Å². The highest BCUT2D eigenvalue weighted by Crippen LogP contribution is 2.38. The molecule has 8 heteroatoms. The Morgan fingerprint density at radius 2 is 1.83 bits per heavy atom. The molecule has 0 aromatic heterocycles. The van der Waals surface area contributed by atoms with E-state index in [9.17, 15) is 19.1 Å². The van der Waals surface area contributed by atoms with E-state index in [1.165, 1.54) is 17.0 Å². The molecule has 0 spiro atoms. The Morgan fingerprint density at radius 1 is 1.06 bits per heavy atom. The molecule has 3 aromatic carbocycles. The second-order valence-electron chi connectivity index (χ2n) is 9.36. The number of hydrogen-bond donors (Lipinski definition) is 1. The van der Waals surface area contributed by atoms with Crippen molar-refractivity contribution in [1.82, 2.24) is 4.90 Å². The Kier molecular flexibility index (Phi) is 7.86. The lowest BCUT2D eigenvalue weighted by Gasteiger charge is -2.24. The smallest absolute Gasteiger partial charge is 0.323 e. The van der Waals surface area contributed by atoms with Crippen LogP contribution in [0, 0.1) is 5.82 Å². The third-order valence-electron chi connectivity index (χ3n) is 6.20. The number of hydrogen-bond acceptors (Lipinski definition) is 3. The molecule has 5 nitrogen and oxygen atoms in total. The van der Waals surface area contributed by atoms with Gasteiger partial charge in [-0.15, -0.1) is 0 Å². The molecule has 3 aromatic rings. The summed E-state index contributed by atoms with van der Waals surface area (Å²) < 4.78 is 20.1. The van der Waals surface area contributed by atoms with Crippen LogP contribution in [0.4, 0.5) is 4.39 Å². The fourth-order valence-electron chi connectivity index (χ4n) is 4.56. The van der Waals surface area contributed by atoms with E-state index in [2.05, 4.69) is 0 Å². The van der Waals surface area contributed by atoms with Crippen LogP contribution in [0.25, 0.3) is 0 Å². The van der Waals surface area contributed by atoms with Crippen molar-refractivity contribution in [1.29, 1.82) is 0 Å². The molecule has 1 N–H and O–H groups in total. The highest BCUT2D eigenvalue weighted by atomic mass is 35.5. The van der Waals surface area contributed by atoms with Crippen LogP contribution in [0.3, 0.4) is 0 Å².